The van der Waals surface area contributed by atoms with Crippen LogP contribution in [-0.4, -0.2) is 0 Å². The van der Waals surface area contributed by atoms with Gasteiger partial charge in [0.2, 0.25) is 0 Å². The molecule has 0 nitrogen and oxygen atoms in total. The van der Waals surface area contributed by atoms with Gasteiger partial charge >= 0.3 is 0 Å². The molecule has 0 fully saturated rings. The van der Waals surface area contributed by atoms with E-state index in [2.05, 4.69) is 57.2 Å². The first-order chi connectivity index (χ1) is 8.15. The highest BCUT2D eigenvalue weighted by Gasteiger charge is 2.12. The molecule has 0 aliphatic heterocycles. The van der Waals surface area contributed by atoms with Crippen LogP contribution in [0.1, 0.15) is 25.8 Å². The van der Waals surface area contributed by atoms with Crippen molar-refractivity contribution in [2.24, 2.45) is 5.92 Å². The molecule has 17 heavy (non-hydrogen) atoms. The Morgan fingerprint density at radius 1 is 1.00 bits per heavy atom. The van der Waals surface area contributed by atoms with Crippen LogP contribution >= 0.6 is 21.6 Å². The highest BCUT2D eigenvalue weighted by Crippen LogP contribution is 2.41. The van der Waals surface area contributed by atoms with Gasteiger partial charge < -0.3 is 0 Å². The average Bonchev–Trinajstić information content (AvgIpc) is 2.33. The quantitative estimate of drug-likeness (QED) is 0.650. The minimum atomic E-state index is 0.695. The van der Waals surface area contributed by atoms with Crippen LogP contribution in [-0.2, 0) is 0 Å². The second-order valence-electron chi connectivity index (χ2n) is 4.63. The van der Waals surface area contributed by atoms with Crippen LogP contribution < -0.4 is 0 Å². The van der Waals surface area contributed by atoms with Crippen molar-refractivity contribution in [1.82, 2.24) is 0 Å². The lowest BCUT2D eigenvalue weighted by Gasteiger charge is -2.18. The van der Waals surface area contributed by atoms with E-state index in [0.29, 0.717) is 5.92 Å². The third-order valence-corrected chi connectivity index (χ3v) is 5.62. The minimum Gasteiger partial charge on any atom is -0.0701 e. The summed E-state index contributed by atoms with van der Waals surface area (Å²) in [7, 11) is 3.75. The SMILES string of the molecule is CC1=CC=C(SSc2ccc(C)cc2)CC1C. The van der Waals surface area contributed by atoms with Gasteiger partial charge in [-0.1, -0.05) is 63.9 Å². The van der Waals surface area contributed by atoms with Crippen LogP contribution in [0, 0.1) is 12.8 Å². The molecule has 1 aliphatic carbocycles. The molecule has 0 spiro atoms. The van der Waals surface area contributed by atoms with E-state index in [1.54, 1.807) is 0 Å². The third-order valence-electron chi connectivity index (χ3n) is 3.08. The molecule has 90 valence electrons. The molecule has 0 radical (unpaired) electrons. The van der Waals surface area contributed by atoms with Crippen molar-refractivity contribution in [2.45, 2.75) is 32.1 Å². The summed E-state index contributed by atoms with van der Waals surface area (Å²) >= 11 is 0. The Hall–Kier alpha value is -0.600. The Kier molecular flexibility index (Phi) is 4.41. The van der Waals surface area contributed by atoms with Crippen LogP contribution in [0.3, 0.4) is 0 Å². The van der Waals surface area contributed by atoms with Crippen LogP contribution in [0.15, 0.2) is 51.8 Å². The maximum Gasteiger partial charge on any atom is 0.0186 e. The fraction of sp³-hybridized carbons (Fsp3) is 0.333. The molecule has 1 atom stereocenters. The molecule has 0 saturated heterocycles. The first-order valence-electron chi connectivity index (χ1n) is 5.93. The standard InChI is InChI=1S/C15H18S2/c1-11-4-7-14(8-5-11)16-17-15-9-6-12(2)13(3)10-15/h4-9,13H,10H2,1-3H3. The van der Waals surface area contributed by atoms with E-state index >= 15 is 0 Å². The number of benzene rings is 1. The van der Waals surface area contributed by atoms with Crippen LogP contribution in [0.5, 0.6) is 0 Å². The van der Waals surface area contributed by atoms with Crippen LogP contribution in [0.4, 0.5) is 0 Å². The predicted molar refractivity (Wildman–Crippen MR) is 80.2 cm³/mol. The summed E-state index contributed by atoms with van der Waals surface area (Å²) in [5.74, 6) is 0.695. The van der Waals surface area contributed by atoms with Gasteiger partial charge in [-0.15, -0.1) is 0 Å². The smallest absolute Gasteiger partial charge is 0.0186 e. The van der Waals surface area contributed by atoms with E-state index in [9.17, 15) is 0 Å². The monoisotopic (exact) mass is 262 g/mol. The van der Waals surface area contributed by atoms with Gasteiger partial charge in [0.25, 0.3) is 0 Å². The van der Waals surface area contributed by atoms with Crippen LogP contribution in [0.25, 0.3) is 0 Å². The summed E-state index contributed by atoms with van der Waals surface area (Å²) < 4.78 is 0. The maximum atomic E-state index is 2.30. The number of allylic oxidation sites excluding steroid dienone is 4. The molecule has 1 aliphatic rings. The molecular weight excluding hydrogens is 244 g/mol. The average molecular weight is 262 g/mol. The van der Waals surface area contributed by atoms with Gasteiger partial charge in [-0.25, -0.2) is 0 Å². The van der Waals surface area contributed by atoms with Crippen molar-refractivity contribution in [1.29, 1.82) is 0 Å². The highest BCUT2D eigenvalue weighted by atomic mass is 33.1. The van der Waals surface area contributed by atoms with Crippen LogP contribution in [0.2, 0.25) is 0 Å². The Labute approximate surface area is 112 Å². The van der Waals surface area contributed by atoms with Gasteiger partial charge in [0.05, 0.1) is 0 Å². The van der Waals surface area contributed by atoms with E-state index in [-0.39, 0.29) is 0 Å². The first kappa shape index (κ1) is 12.8. The van der Waals surface area contributed by atoms with Gasteiger partial charge in [0.15, 0.2) is 0 Å². The third kappa shape index (κ3) is 3.68. The van der Waals surface area contributed by atoms with Gasteiger partial charge in [-0.05, 0) is 43.2 Å². The molecule has 0 bridgehead atoms. The molecule has 0 aromatic heterocycles. The second kappa shape index (κ2) is 5.83. The zero-order chi connectivity index (χ0) is 12.3. The Bertz CT molecular complexity index is 440. The Morgan fingerprint density at radius 2 is 1.71 bits per heavy atom. The van der Waals surface area contributed by atoms with Crippen molar-refractivity contribution in [3.8, 4) is 0 Å². The van der Waals surface area contributed by atoms with E-state index in [0.717, 1.165) is 0 Å². The molecule has 0 N–H and O–H groups in total. The van der Waals surface area contributed by atoms with Crippen molar-refractivity contribution in [2.75, 3.05) is 0 Å². The zero-order valence-electron chi connectivity index (χ0n) is 10.6. The van der Waals surface area contributed by atoms with Crippen molar-refractivity contribution in [3.05, 3.63) is 52.5 Å². The largest absolute Gasteiger partial charge is 0.0701 e. The van der Waals surface area contributed by atoms with Gasteiger partial charge in [0, 0.05) is 4.90 Å². The number of hydrogen-bond donors (Lipinski definition) is 0. The maximum absolute atomic E-state index is 2.30. The number of aryl methyl sites for hydroxylation is 1. The van der Waals surface area contributed by atoms with Gasteiger partial charge in [-0.2, -0.15) is 0 Å². The summed E-state index contributed by atoms with van der Waals surface area (Å²) in [6.45, 7) is 6.65. The Balaban J connectivity index is 1.93. The molecule has 0 heterocycles. The normalized spacial score (nSPS) is 19.8. The molecule has 2 heteroatoms. The fourth-order valence-corrected chi connectivity index (χ4v) is 3.88. The fourth-order valence-electron chi connectivity index (χ4n) is 1.68. The van der Waals surface area contributed by atoms with Gasteiger partial charge in [0.1, 0.15) is 0 Å². The molecule has 1 unspecified atom stereocenters. The second-order valence-corrected chi connectivity index (χ2v) is 6.96. The van der Waals surface area contributed by atoms with Crippen molar-refractivity contribution < 1.29 is 0 Å². The lowest BCUT2D eigenvalue weighted by atomic mass is 9.95. The van der Waals surface area contributed by atoms with E-state index in [1.807, 2.05) is 21.6 Å². The molecule has 2 rings (SSSR count). The summed E-state index contributed by atoms with van der Waals surface area (Å²) in [6, 6.07) is 8.73. The summed E-state index contributed by atoms with van der Waals surface area (Å²) in [4.78, 5) is 2.81. The van der Waals surface area contributed by atoms with Crippen molar-refractivity contribution >= 4 is 21.6 Å². The number of hydrogen-bond acceptors (Lipinski definition) is 2. The van der Waals surface area contributed by atoms with E-state index in [1.165, 1.54) is 27.4 Å². The summed E-state index contributed by atoms with van der Waals surface area (Å²) in [5.41, 5.74) is 2.82. The van der Waals surface area contributed by atoms with E-state index < -0.39 is 0 Å². The molecule has 1 aromatic rings. The lowest BCUT2D eigenvalue weighted by Crippen LogP contribution is -2.00. The van der Waals surface area contributed by atoms with Gasteiger partial charge in [-0.3, -0.25) is 0 Å². The zero-order valence-corrected chi connectivity index (χ0v) is 12.2. The number of rotatable bonds is 3. The molecule has 0 amide bonds. The van der Waals surface area contributed by atoms with Crippen molar-refractivity contribution in [3.63, 3.8) is 0 Å². The summed E-state index contributed by atoms with van der Waals surface area (Å²) in [6.07, 6.45) is 5.71. The Morgan fingerprint density at radius 3 is 2.35 bits per heavy atom. The van der Waals surface area contributed by atoms with E-state index in [4.69, 9.17) is 0 Å². The molecule has 0 saturated carbocycles. The predicted octanol–water partition coefficient (Wildman–Crippen LogP) is 5.61. The highest BCUT2D eigenvalue weighted by molar-refractivity contribution is 8.78. The lowest BCUT2D eigenvalue weighted by molar-refractivity contribution is 0.681. The first-order valence-corrected chi connectivity index (χ1v) is 8.08. The molecular formula is C15H18S2. The topological polar surface area (TPSA) is 0 Å². The summed E-state index contributed by atoms with van der Waals surface area (Å²) in [5, 5.41) is 0. The minimum absolute atomic E-state index is 0.695. The molecule has 1 aromatic carbocycles.